The first-order valence-corrected chi connectivity index (χ1v) is 9.68. The third-order valence-electron chi connectivity index (χ3n) is 5.00. The number of carbonyl (C=O) groups excluding carboxylic acids is 3. The maximum absolute atomic E-state index is 12.9. The van der Waals surface area contributed by atoms with Crippen LogP contribution in [0.15, 0.2) is 66.7 Å². The highest BCUT2D eigenvalue weighted by Gasteiger charge is 2.37. The molecule has 4 rings (SSSR count). The van der Waals surface area contributed by atoms with Crippen molar-refractivity contribution >= 4 is 29.2 Å². The van der Waals surface area contributed by atoms with Gasteiger partial charge in [0.2, 0.25) is 0 Å². The molecule has 0 saturated heterocycles. The number of amides is 2. The molecule has 2 N–H and O–H groups in total. The summed E-state index contributed by atoms with van der Waals surface area (Å²) in [5, 5.41) is 0. The number of fused-ring (bicyclic) bond motifs is 1. The fraction of sp³-hybridized carbons (Fsp3) is 0.125. The number of esters is 1. The Morgan fingerprint density at radius 2 is 1.65 bits per heavy atom. The normalized spacial score (nSPS) is 12.6. The third-order valence-corrected chi connectivity index (χ3v) is 5.00. The van der Waals surface area contributed by atoms with E-state index in [-0.39, 0.29) is 23.3 Å². The molecule has 3 aromatic carbocycles. The van der Waals surface area contributed by atoms with Crippen LogP contribution < -0.4 is 20.1 Å². The lowest BCUT2D eigenvalue weighted by molar-refractivity contribution is -0.134. The van der Waals surface area contributed by atoms with Crippen molar-refractivity contribution in [3.63, 3.8) is 0 Å². The summed E-state index contributed by atoms with van der Waals surface area (Å²) in [6.07, 6.45) is 0.675. The average Bonchev–Trinajstić information content (AvgIpc) is 3.03. The van der Waals surface area contributed by atoms with E-state index < -0.39 is 17.8 Å². The van der Waals surface area contributed by atoms with E-state index in [2.05, 4.69) is 0 Å². The predicted octanol–water partition coefficient (Wildman–Crippen LogP) is 3.62. The topological polar surface area (TPSA) is 98.9 Å². The third kappa shape index (κ3) is 4.11. The second-order valence-electron chi connectivity index (χ2n) is 7.07. The smallest absolute Gasteiger partial charge is 0.311 e. The zero-order valence-corrected chi connectivity index (χ0v) is 16.8. The number of benzene rings is 3. The van der Waals surface area contributed by atoms with Crippen LogP contribution in [0.1, 0.15) is 32.7 Å². The second-order valence-corrected chi connectivity index (χ2v) is 7.07. The monoisotopic (exact) mass is 416 g/mol. The number of methoxy groups -OCH3 is 1. The molecule has 7 heteroatoms. The van der Waals surface area contributed by atoms with Gasteiger partial charge in [0.1, 0.15) is 11.5 Å². The summed E-state index contributed by atoms with van der Waals surface area (Å²) in [5.41, 5.74) is 8.15. The zero-order valence-electron chi connectivity index (χ0n) is 16.8. The highest BCUT2D eigenvalue weighted by atomic mass is 16.5. The fourth-order valence-electron chi connectivity index (χ4n) is 3.38. The molecule has 7 nitrogen and oxygen atoms in total. The van der Waals surface area contributed by atoms with Crippen LogP contribution in [-0.4, -0.2) is 24.9 Å². The Bertz CT molecular complexity index is 1170. The number of carbonyl (C=O) groups is 3. The van der Waals surface area contributed by atoms with Gasteiger partial charge in [0.15, 0.2) is 0 Å². The van der Waals surface area contributed by atoms with Gasteiger partial charge in [-0.3, -0.25) is 14.4 Å². The van der Waals surface area contributed by atoms with Gasteiger partial charge in [-0.05, 0) is 54.4 Å². The molecular formula is C24H20N2O5. The Labute approximate surface area is 179 Å². The van der Waals surface area contributed by atoms with Gasteiger partial charge in [-0.15, -0.1) is 0 Å². The van der Waals surface area contributed by atoms with Gasteiger partial charge in [-0.1, -0.05) is 18.2 Å². The molecule has 2 amide bonds. The van der Waals surface area contributed by atoms with Gasteiger partial charge >= 0.3 is 5.97 Å². The number of hydrogen-bond donors (Lipinski definition) is 1. The molecule has 0 bridgehead atoms. The molecule has 0 atom stereocenters. The Kier molecular flexibility index (Phi) is 5.41. The van der Waals surface area contributed by atoms with Crippen molar-refractivity contribution in [1.29, 1.82) is 0 Å². The van der Waals surface area contributed by atoms with Gasteiger partial charge in [0.25, 0.3) is 11.8 Å². The van der Waals surface area contributed by atoms with Crippen molar-refractivity contribution in [2.75, 3.05) is 17.7 Å². The van der Waals surface area contributed by atoms with Gasteiger partial charge in [0, 0.05) is 18.2 Å². The van der Waals surface area contributed by atoms with Crippen molar-refractivity contribution < 1.29 is 23.9 Å². The number of imide groups is 1. The highest BCUT2D eigenvalue weighted by molar-refractivity contribution is 6.34. The summed E-state index contributed by atoms with van der Waals surface area (Å²) >= 11 is 0. The van der Waals surface area contributed by atoms with E-state index in [1.165, 1.54) is 25.3 Å². The van der Waals surface area contributed by atoms with E-state index >= 15 is 0 Å². The molecule has 1 aliphatic heterocycles. The maximum atomic E-state index is 12.9. The first kappa shape index (κ1) is 20.2. The maximum Gasteiger partial charge on any atom is 0.311 e. The minimum absolute atomic E-state index is 0.170. The van der Waals surface area contributed by atoms with Gasteiger partial charge < -0.3 is 15.2 Å². The lowest BCUT2D eigenvalue weighted by atomic mass is 10.1. The number of aryl methyl sites for hydroxylation is 1. The lowest BCUT2D eigenvalue weighted by Gasteiger charge is -2.14. The number of rotatable bonds is 6. The van der Waals surface area contributed by atoms with Crippen LogP contribution in [0.3, 0.4) is 0 Å². The van der Waals surface area contributed by atoms with Crippen LogP contribution in [0.2, 0.25) is 0 Å². The van der Waals surface area contributed by atoms with E-state index in [1.807, 2.05) is 12.1 Å². The molecule has 156 valence electrons. The largest absolute Gasteiger partial charge is 0.497 e. The Morgan fingerprint density at radius 3 is 2.39 bits per heavy atom. The Balaban J connectivity index is 1.47. The summed E-state index contributed by atoms with van der Waals surface area (Å²) in [5.74, 6) is -0.597. The van der Waals surface area contributed by atoms with E-state index in [1.54, 1.807) is 36.4 Å². The molecule has 1 heterocycles. The highest BCUT2D eigenvalue weighted by Crippen LogP contribution is 2.32. The first-order chi connectivity index (χ1) is 15.0. The molecule has 31 heavy (non-hydrogen) atoms. The van der Waals surface area contributed by atoms with Crippen LogP contribution >= 0.6 is 0 Å². The summed E-state index contributed by atoms with van der Waals surface area (Å²) in [4.78, 5) is 39.0. The van der Waals surface area contributed by atoms with Gasteiger partial charge in [-0.2, -0.15) is 0 Å². The predicted molar refractivity (Wildman–Crippen MR) is 115 cm³/mol. The lowest BCUT2D eigenvalue weighted by Crippen LogP contribution is -2.29. The van der Waals surface area contributed by atoms with Crippen LogP contribution in [0.5, 0.6) is 11.5 Å². The molecule has 0 aliphatic carbocycles. The number of nitrogen functional groups attached to an aromatic ring is 1. The summed E-state index contributed by atoms with van der Waals surface area (Å²) in [7, 11) is 1.51. The number of anilines is 2. The fourth-order valence-corrected chi connectivity index (χ4v) is 3.38. The van der Waals surface area contributed by atoms with E-state index in [0.717, 1.165) is 10.5 Å². The van der Waals surface area contributed by atoms with Gasteiger partial charge in [-0.25, -0.2) is 4.90 Å². The molecular weight excluding hydrogens is 396 g/mol. The van der Waals surface area contributed by atoms with Gasteiger partial charge in [0.05, 0.1) is 23.9 Å². The molecule has 0 unspecified atom stereocenters. The average molecular weight is 416 g/mol. The van der Waals surface area contributed by atoms with Crippen molar-refractivity contribution in [2.24, 2.45) is 0 Å². The van der Waals surface area contributed by atoms with Crippen molar-refractivity contribution in [1.82, 2.24) is 0 Å². The molecule has 0 spiro atoms. The summed E-state index contributed by atoms with van der Waals surface area (Å²) in [6, 6.07) is 18.4. The van der Waals surface area contributed by atoms with Crippen molar-refractivity contribution in [2.45, 2.75) is 12.8 Å². The Hall–Kier alpha value is -4.13. The van der Waals surface area contributed by atoms with Crippen LogP contribution in [-0.2, 0) is 11.2 Å². The molecule has 0 radical (unpaired) electrons. The summed E-state index contributed by atoms with van der Waals surface area (Å²) in [6.45, 7) is 0. The SMILES string of the molecule is COc1cccc(N2C(=O)c3ccc(OC(=O)CCc4ccc(N)cc4)cc3C2=O)c1. The van der Waals surface area contributed by atoms with Crippen molar-refractivity contribution in [3.8, 4) is 11.5 Å². The minimum atomic E-state index is -0.479. The molecule has 3 aromatic rings. The van der Waals surface area contributed by atoms with E-state index in [9.17, 15) is 14.4 Å². The van der Waals surface area contributed by atoms with Crippen LogP contribution in [0.25, 0.3) is 0 Å². The minimum Gasteiger partial charge on any atom is -0.497 e. The number of hydrogen-bond acceptors (Lipinski definition) is 6. The van der Waals surface area contributed by atoms with Crippen LogP contribution in [0.4, 0.5) is 11.4 Å². The summed E-state index contributed by atoms with van der Waals surface area (Å²) < 4.78 is 10.6. The van der Waals surface area contributed by atoms with Crippen molar-refractivity contribution in [3.05, 3.63) is 83.4 Å². The molecule has 0 fully saturated rings. The van der Waals surface area contributed by atoms with E-state index in [0.29, 0.717) is 23.5 Å². The van der Waals surface area contributed by atoms with Crippen LogP contribution in [0, 0.1) is 0 Å². The molecule has 1 aliphatic rings. The number of nitrogens with zero attached hydrogens (tertiary/aromatic N) is 1. The standard InChI is InChI=1S/C24H20N2O5/c1-30-18-4-2-3-17(13-18)26-23(28)20-11-10-19(14-21(20)24(26)29)31-22(27)12-7-15-5-8-16(25)9-6-15/h2-6,8-11,13-14H,7,12,25H2,1H3. The number of nitrogens with two attached hydrogens (primary N) is 1. The second kappa shape index (κ2) is 8.31. The number of ether oxygens (including phenoxy) is 2. The quantitative estimate of drug-likeness (QED) is 0.285. The Morgan fingerprint density at radius 1 is 0.903 bits per heavy atom. The first-order valence-electron chi connectivity index (χ1n) is 9.68. The molecule has 0 aromatic heterocycles. The molecule has 0 saturated carbocycles. The zero-order chi connectivity index (χ0) is 22.0. The van der Waals surface area contributed by atoms with E-state index in [4.69, 9.17) is 15.2 Å².